The van der Waals surface area contributed by atoms with E-state index in [0.717, 1.165) is 91.9 Å². The number of carbonyl (C=O) groups is 2. The summed E-state index contributed by atoms with van der Waals surface area (Å²) in [7, 11) is 1.33. The Labute approximate surface area is 381 Å². The van der Waals surface area contributed by atoms with Gasteiger partial charge in [-0.1, -0.05) is 110 Å². The number of allylic oxidation sites excluding steroid dienone is 3. The number of aromatic nitrogens is 3. The molecular weight excluding hydrogens is 797 g/mol. The van der Waals surface area contributed by atoms with E-state index < -0.39 is 12.1 Å². The highest BCUT2D eigenvalue weighted by Crippen LogP contribution is 2.49. The van der Waals surface area contributed by atoms with Crippen LogP contribution in [-0.2, 0) is 19.1 Å². The number of rotatable bonds is 20. The monoisotopic (exact) mass is 871 g/mol. The van der Waals surface area contributed by atoms with Crippen LogP contribution in [0.4, 0.5) is 0 Å². The summed E-state index contributed by atoms with van der Waals surface area (Å²) < 4.78 is 11.1. The number of ether oxygens (including phenoxy) is 2. The van der Waals surface area contributed by atoms with Gasteiger partial charge in [0.1, 0.15) is 12.7 Å². The normalized spacial score (nSPS) is 18.9. The van der Waals surface area contributed by atoms with Crippen LogP contribution in [-0.4, -0.2) is 51.4 Å². The Morgan fingerprint density at radius 3 is 2.11 bits per heavy atom. The number of aromatic amines is 3. The quantitative estimate of drug-likeness (QED) is 0.0663. The third-order valence-corrected chi connectivity index (χ3v) is 14.2. The number of methoxy groups -OCH3 is 1. The standard InChI is InChI=1S/C55H74N4O5/c1-13-39-35(8)42-28-44-37(10)41(24-25-48(60)64-27-26-34(7)23-17-22-33(6)21-16-20-32(5)19-15-18-31(3)4)52(58-44)50-51(55(62)63-12)54(61)49-38(11)45(59-53(49)50)30-47-40(14-2)36(9)43(57-47)29-46(39)56-42/h13-14,26,28-33,37,41,54,56-57,59,61H,1-2,15-25,27H2,3-12H3/b34-26+,43-29?,44-28?,47-30?/t32-,33-,37+,41+,54?/m1/s1. The molecule has 5 heterocycles. The summed E-state index contributed by atoms with van der Waals surface area (Å²) >= 11 is 0. The van der Waals surface area contributed by atoms with Gasteiger partial charge in [0.05, 0.1) is 24.1 Å². The lowest BCUT2D eigenvalue weighted by atomic mass is 9.82. The summed E-state index contributed by atoms with van der Waals surface area (Å²) in [4.78, 5) is 43.2. The molecule has 0 saturated carbocycles. The molecule has 0 fully saturated rings. The van der Waals surface area contributed by atoms with E-state index in [1.807, 2.05) is 31.2 Å². The zero-order valence-electron chi connectivity index (χ0n) is 40.4. The average Bonchev–Trinajstić information content (AvgIpc) is 3.99. The van der Waals surface area contributed by atoms with Crippen molar-refractivity contribution in [3.8, 4) is 0 Å². The van der Waals surface area contributed by atoms with E-state index in [9.17, 15) is 14.7 Å². The van der Waals surface area contributed by atoms with Crippen LogP contribution in [0.1, 0.15) is 174 Å². The zero-order valence-corrected chi connectivity index (χ0v) is 40.4. The van der Waals surface area contributed by atoms with Crippen molar-refractivity contribution in [3.05, 3.63) is 103 Å². The second kappa shape index (κ2) is 21.2. The number of H-pyrrole nitrogens is 3. The Kier molecular flexibility index (Phi) is 16.0. The molecule has 0 spiro atoms. The molecule has 3 aromatic heterocycles. The van der Waals surface area contributed by atoms with Crippen molar-refractivity contribution in [2.24, 2.45) is 34.6 Å². The first-order valence-electron chi connectivity index (χ1n) is 23.8. The van der Waals surface area contributed by atoms with Crippen LogP contribution in [0.2, 0.25) is 0 Å². The number of hydrogen-bond acceptors (Lipinski definition) is 6. The summed E-state index contributed by atoms with van der Waals surface area (Å²) in [5.74, 6) is 1.02. The molecule has 8 bridgehead atoms. The molecule has 6 rings (SSSR count). The fourth-order valence-corrected chi connectivity index (χ4v) is 10.1. The van der Waals surface area contributed by atoms with Crippen molar-refractivity contribution in [2.45, 2.75) is 139 Å². The van der Waals surface area contributed by atoms with Gasteiger partial charge in [-0.3, -0.25) is 9.79 Å². The number of esters is 2. The van der Waals surface area contributed by atoms with Gasteiger partial charge in [-0.05, 0) is 106 Å². The van der Waals surface area contributed by atoms with Gasteiger partial charge in [0.25, 0.3) is 0 Å². The molecular formula is C55H74N4O5. The van der Waals surface area contributed by atoms with Gasteiger partial charge in [0, 0.05) is 74.0 Å². The first-order valence-corrected chi connectivity index (χ1v) is 23.8. The molecule has 0 amide bonds. The lowest BCUT2D eigenvalue weighted by Gasteiger charge is -2.20. The molecule has 0 saturated heterocycles. The van der Waals surface area contributed by atoms with E-state index in [2.05, 4.69) is 95.7 Å². The molecule has 4 N–H and O–H groups in total. The molecule has 9 heteroatoms. The molecule has 0 radical (unpaired) electrons. The molecule has 3 aromatic rings. The summed E-state index contributed by atoms with van der Waals surface area (Å²) in [5, 5.41) is 13.7. The third kappa shape index (κ3) is 10.5. The Bertz CT molecular complexity index is 2500. The predicted molar refractivity (Wildman–Crippen MR) is 264 cm³/mol. The second-order valence-corrected chi connectivity index (χ2v) is 19.4. The minimum absolute atomic E-state index is 0.138. The highest BCUT2D eigenvalue weighted by molar-refractivity contribution is 6.32. The molecule has 3 aliphatic rings. The number of aliphatic hydroxyl groups is 1. The molecule has 1 aliphatic carbocycles. The largest absolute Gasteiger partial charge is 0.466 e. The van der Waals surface area contributed by atoms with Gasteiger partial charge in [-0.2, -0.15) is 0 Å². The Morgan fingerprint density at radius 2 is 1.45 bits per heavy atom. The van der Waals surface area contributed by atoms with E-state index in [1.165, 1.54) is 57.6 Å². The SMILES string of the molecule is C=Cc1c2[nH]c(c1C)C=C1N=C(C3=C(C(=O)OC)C(O)c4c3[nH]c(c4C)C=c3[nH]c(c(C)c3C=C)=C2)[C@@H](CCC(=O)OC/C=C(\C)CCC[C@H](C)CCC[C@H](C)CCCC(C)C)[C@@H]1C. The Balaban J connectivity index is 1.21. The summed E-state index contributed by atoms with van der Waals surface area (Å²) in [6.45, 7) is 28.2. The second-order valence-electron chi connectivity index (χ2n) is 19.4. The van der Waals surface area contributed by atoms with Crippen LogP contribution in [0.15, 0.2) is 41.1 Å². The maximum Gasteiger partial charge on any atom is 0.337 e. The predicted octanol–water partition coefficient (Wildman–Crippen LogP) is 11.3. The minimum Gasteiger partial charge on any atom is -0.466 e. The van der Waals surface area contributed by atoms with Crippen LogP contribution < -0.4 is 10.7 Å². The van der Waals surface area contributed by atoms with E-state index in [-0.39, 0.29) is 36.4 Å². The van der Waals surface area contributed by atoms with E-state index in [0.29, 0.717) is 29.0 Å². The summed E-state index contributed by atoms with van der Waals surface area (Å²) in [6, 6.07) is 0. The van der Waals surface area contributed by atoms with Crippen LogP contribution in [0.25, 0.3) is 36.0 Å². The van der Waals surface area contributed by atoms with Crippen molar-refractivity contribution in [1.29, 1.82) is 0 Å². The number of nitrogens with one attached hydrogen (secondary N) is 3. The van der Waals surface area contributed by atoms with Gasteiger partial charge in [-0.25, -0.2) is 4.79 Å². The van der Waals surface area contributed by atoms with Crippen molar-refractivity contribution in [2.75, 3.05) is 13.7 Å². The van der Waals surface area contributed by atoms with Crippen LogP contribution in [0.3, 0.4) is 0 Å². The number of aliphatic hydroxyl groups excluding tert-OH is 1. The average molecular weight is 871 g/mol. The maximum absolute atomic E-state index is 13.6. The van der Waals surface area contributed by atoms with Crippen LogP contribution in [0.5, 0.6) is 0 Å². The topological polar surface area (TPSA) is 133 Å². The van der Waals surface area contributed by atoms with E-state index in [4.69, 9.17) is 14.5 Å². The lowest BCUT2D eigenvalue weighted by Crippen LogP contribution is -2.22. The van der Waals surface area contributed by atoms with Gasteiger partial charge < -0.3 is 29.5 Å². The molecule has 0 aromatic carbocycles. The van der Waals surface area contributed by atoms with Crippen molar-refractivity contribution in [3.63, 3.8) is 0 Å². The first kappa shape index (κ1) is 48.3. The smallest absolute Gasteiger partial charge is 0.337 e. The summed E-state index contributed by atoms with van der Waals surface area (Å²) in [6.07, 6.45) is 22.6. The van der Waals surface area contributed by atoms with E-state index >= 15 is 0 Å². The van der Waals surface area contributed by atoms with Gasteiger partial charge in [-0.15, -0.1) is 0 Å². The highest BCUT2D eigenvalue weighted by Gasteiger charge is 2.45. The van der Waals surface area contributed by atoms with Crippen LogP contribution in [0, 0.1) is 50.4 Å². The van der Waals surface area contributed by atoms with Gasteiger partial charge in [0.2, 0.25) is 0 Å². The fraction of sp³-hybridized carbons (Fsp3) is 0.509. The highest BCUT2D eigenvalue weighted by atomic mass is 16.5. The molecule has 9 nitrogen and oxygen atoms in total. The first-order chi connectivity index (χ1) is 30.6. The molecule has 5 atom stereocenters. The van der Waals surface area contributed by atoms with Crippen molar-refractivity contribution < 1.29 is 24.2 Å². The van der Waals surface area contributed by atoms with E-state index in [1.54, 1.807) is 0 Å². The number of fused-ring (bicyclic) bond motifs is 7. The molecule has 1 unspecified atom stereocenters. The Morgan fingerprint density at radius 1 is 0.812 bits per heavy atom. The zero-order chi connectivity index (χ0) is 46.4. The molecule has 344 valence electrons. The fourth-order valence-electron chi connectivity index (χ4n) is 10.1. The number of nitrogens with zero attached hydrogens (tertiary/aromatic N) is 1. The third-order valence-electron chi connectivity index (χ3n) is 14.2. The lowest BCUT2D eigenvalue weighted by molar-refractivity contribution is -0.142. The van der Waals surface area contributed by atoms with Gasteiger partial charge >= 0.3 is 11.9 Å². The van der Waals surface area contributed by atoms with Gasteiger partial charge in [0.15, 0.2) is 0 Å². The van der Waals surface area contributed by atoms with Crippen molar-refractivity contribution in [1.82, 2.24) is 15.0 Å². The minimum atomic E-state index is -1.24. The number of carbonyl (C=O) groups excluding carboxylic acids is 2. The Hall–Kier alpha value is -5.15. The number of hydrogen-bond donors (Lipinski definition) is 4. The molecule has 2 aliphatic heterocycles. The molecule has 64 heavy (non-hydrogen) atoms. The summed E-state index contributed by atoms with van der Waals surface area (Å²) in [5.41, 5.74) is 12.0. The maximum atomic E-state index is 13.6. The van der Waals surface area contributed by atoms with Crippen molar-refractivity contribution >= 4 is 53.6 Å². The van der Waals surface area contributed by atoms with Crippen LogP contribution >= 0.6 is 0 Å². The number of aliphatic imine (C=N–C) groups is 1.